The highest BCUT2D eigenvalue weighted by molar-refractivity contribution is 7.92. The monoisotopic (exact) mass is 391 g/mol. The molecule has 2 aromatic rings. The Morgan fingerprint density at radius 2 is 2.04 bits per heavy atom. The molecule has 0 bridgehead atoms. The second-order valence-electron chi connectivity index (χ2n) is 6.44. The zero-order valence-corrected chi connectivity index (χ0v) is 16.1. The van der Waals surface area contributed by atoms with E-state index in [4.69, 9.17) is 4.74 Å². The van der Waals surface area contributed by atoms with Crippen molar-refractivity contribution in [2.45, 2.75) is 32.8 Å². The first-order valence-electron chi connectivity index (χ1n) is 8.80. The van der Waals surface area contributed by atoms with Crippen LogP contribution >= 0.6 is 0 Å². The second-order valence-corrected chi connectivity index (χ2v) is 8.26. The van der Waals surface area contributed by atoms with E-state index in [2.05, 4.69) is 9.97 Å². The van der Waals surface area contributed by atoms with E-state index < -0.39 is 21.9 Å². The predicted octanol–water partition coefficient (Wildman–Crippen LogP) is 2.94. The Hall–Kier alpha value is -2.32. The summed E-state index contributed by atoms with van der Waals surface area (Å²) in [6.45, 7) is 4.24. The van der Waals surface area contributed by atoms with Crippen molar-refractivity contribution >= 4 is 16.1 Å². The van der Waals surface area contributed by atoms with Gasteiger partial charge in [0.1, 0.15) is 12.4 Å². The molecule has 0 radical (unpaired) electrons. The summed E-state index contributed by atoms with van der Waals surface area (Å²) >= 11 is 0. The fraction of sp³-hybridized carbons (Fsp3) is 0.368. The van der Waals surface area contributed by atoms with Crippen molar-refractivity contribution in [1.29, 1.82) is 0 Å². The van der Waals surface area contributed by atoms with Crippen LogP contribution in [0.15, 0.2) is 36.0 Å². The SMILES string of the molecule is CCc1ncnc(O[C@H]2CCN(S(=O)(=O)/C=C/c3ccc(C)cc3)C2)c1F. The largest absolute Gasteiger partial charge is 0.471 e. The molecule has 0 aliphatic carbocycles. The first kappa shape index (κ1) is 19.4. The van der Waals surface area contributed by atoms with Gasteiger partial charge >= 0.3 is 0 Å². The molecule has 0 N–H and O–H groups in total. The van der Waals surface area contributed by atoms with Crippen molar-refractivity contribution in [3.05, 3.63) is 58.6 Å². The Kier molecular flexibility index (Phi) is 5.86. The molecular weight excluding hydrogens is 369 g/mol. The number of hydrogen-bond acceptors (Lipinski definition) is 5. The quantitative estimate of drug-likeness (QED) is 0.757. The fourth-order valence-corrected chi connectivity index (χ4v) is 4.06. The number of halogens is 1. The highest BCUT2D eigenvalue weighted by Crippen LogP contribution is 2.23. The number of benzene rings is 1. The summed E-state index contributed by atoms with van der Waals surface area (Å²) in [5, 5.41) is 1.19. The maximum atomic E-state index is 14.2. The Balaban J connectivity index is 1.65. The third kappa shape index (κ3) is 4.70. The molecule has 1 fully saturated rings. The summed E-state index contributed by atoms with van der Waals surface area (Å²) < 4.78 is 46.2. The van der Waals surface area contributed by atoms with Gasteiger partial charge < -0.3 is 4.74 Å². The highest BCUT2D eigenvalue weighted by Gasteiger charge is 2.32. The Morgan fingerprint density at radius 1 is 1.30 bits per heavy atom. The van der Waals surface area contributed by atoms with Crippen LogP contribution < -0.4 is 4.74 Å². The second kappa shape index (κ2) is 8.14. The predicted molar refractivity (Wildman–Crippen MR) is 101 cm³/mol. The van der Waals surface area contributed by atoms with E-state index in [1.165, 1.54) is 16.0 Å². The molecule has 27 heavy (non-hydrogen) atoms. The van der Waals surface area contributed by atoms with Crippen molar-refractivity contribution in [2.24, 2.45) is 0 Å². The van der Waals surface area contributed by atoms with Crippen LogP contribution in [-0.4, -0.2) is 41.9 Å². The third-order valence-electron chi connectivity index (χ3n) is 4.42. The number of nitrogens with zero attached hydrogens (tertiary/aromatic N) is 3. The van der Waals surface area contributed by atoms with E-state index in [-0.39, 0.29) is 18.1 Å². The van der Waals surface area contributed by atoms with Gasteiger partial charge in [0, 0.05) is 12.0 Å². The Labute approximate surface area is 158 Å². The lowest BCUT2D eigenvalue weighted by Gasteiger charge is -2.15. The topological polar surface area (TPSA) is 72.4 Å². The van der Waals surface area contributed by atoms with Gasteiger partial charge in [0.15, 0.2) is 0 Å². The molecule has 2 heterocycles. The van der Waals surface area contributed by atoms with Crippen LogP contribution in [0, 0.1) is 12.7 Å². The number of aromatic nitrogens is 2. The molecule has 0 spiro atoms. The Morgan fingerprint density at radius 3 is 2.74 bits per heavy atom. The van der Waals surface area contributed by atoms with E-state index >= 15 is 0 Å². The van der Waals surface area contributed by atoms with Gasteiger partial charge in [-0.1, -0.05) is 36.8 Å². The molecule has 8 heteroatoms. The molecule has 3 rings (SSSR count). The molecule has 1 aliphatic heterocycles. The van der Waals surface area contributed by atoms with Crippen LogP contribution in [0.5, 0.6) is 5.88 Å². The van der Waals surface area contributed by atoms with Crippen molar-refractivity contribution < 1.29 is 17.5 Å². The van der Waals surface area contributed by atoms with Crippen LogP contribution in [-0.2, 0) is 16.4 Å². The van der Waals surface area contributed by atoms with Gasteiger partial charge in [-0.3, -0.25) is 0 Å². The summed E-state index contributed by atoms with van der Waals surface area (Å²) in [5.74, 6) is -0.707. The molecule has 144 valence electrons. The van der Waals surface area contributed by atoms with Gasteiger partial charge in [-0.25, -0.2) is 13.4 Å². The average Bonchev–Trinajstić information content (AvgIpc) is 3.13. The molecule has 6 nitrogen and oxygen atoms in total. The number of rotatable bonds is 6. The molecule has 0 unspecified atom stereocenters. The standard InChI is InChI=1S/C19H22FN3O3S/c1-3-17-18(20)19(22-13-21-17)26-16-8-10-23(12-16)27(24,25)11-9-15-6-4-14(2)5-7-15/h4-7,9,11,13,16H,3,8,10,12H2,1-2H3/b11-9+/t16-/m0/s1. The minimum atomic E-state index is -3.57. The van der Waals surface area contributed by atoms with E-state index in [0.717, 1.165) is 11.1 Å². The zero-order valence-electron chi connectivity index (χ0n) is 15.3. The normalized spacial score (nSPS) is 18.3. The molecule has 1 saturated heterocycles. The molecule has 1 atom stereocenters. The van der Waals surface area contributed by atoms with Crippen LogP contribution in [0.3, 0.4) is 0 Å². The van der Waals surface area contributed by atoms with Gasteiger partial charge in [0.05, 0.1) is 12.2 Å². The lowest BCUT2D eigenvalue weighted by atomic mass is 10.2. The summed E-state index contributed by atoms with van der Waals surface area (Å²) in [5.41, 5.74) is 2.20. The molecule has 1 aromatic heterocycles. The van der Waals surface area contributed by atoms with Crippen molar-refractivity contribution in [3.63, 3.8) is 0 Å². The van der Waals surface area contributed by atoms with E-state index in [1.807, 2.05) is 31.2 Å². The van der Waals surface area contributed by atoms with Crippen LogP contribution in [0.4, 0.5) is 4.39 Å². The van der Waals surface area contributed by atoms with Crippen molar-refractivity contribution in [2.75, 3.05) is 13.1 Å². The minimum absolute atomic E-state index is 0.124. The number of sulfonamides is 1. The van der Waals surface area contributed by atoms with E-state index in [9.17, 15) is 12.8 Å². The molecular formula is C19H22FN3O3S. The lowest BCUT2D eigenvalue weighted by molar-refractivity contribution is 0.195. The molecule has 1 aliphatic rings. The van der Waals surface area contributed by atoms with Crippen LogP contribution in [0.2, 0.25) is 0 Å². The Bertz CT molecular complexity index is 930. The van der Waals surface area contributed by atoms with Crippen LogP contribution in [0.1, 0.15) is 30.2 Å². The number of ether oxygens (including phenoxy) is 1. The van der Waals surface area contributed by atoms with Gasteiger partial charge in [-0.05, 0) is 31.4 Å². The molecule has 1 aromatic carbocycles. The van der Waals surface area contributed by atoms with Gasteiger partial charge in [0.2, 0.25) is 15.8 Å². The van der Waals surface area contributed by atoms with E-state index in [1.54, 1.807) is 13.0 Å². The van der Waals surface area contributed by atoms with E-state index in [0.29, 0.717) is 19.4 Å². The highest BCUT2D eigenvalue weighted by atomic mass is 32.2. The summed E-state index contributed by atoms with van der Waals surface area (Å²) in [6.07, 6.45) is 3.29. The minimum Gasteiger partial charge on any atom is -0.471 e. The van der Waals surface area contributed by atoms with Gasteiger partial charge in [-0.15, -0.1) is 0 Å². The number of aryl methyl sites for hydroxylation is 2. The van der Waals surface area contributed by atoms with Gasteiger partial charge in [-0.2, -0.15) is 13.7 Å². The summed E-state index contributed by atoms with van der Waals surface area (Å²) in [6, 6.07) is 7.57. The molecule has 0 amide bonds. The maximum absolute atomic E-state index is 14.2. The first-order valence-corrected chi connectivity index (χ1v) is 10.3. The zero-order chi connectivity index (χ0) is 19.4. The van der Waals surface area contributed by atoms with Crippen molar-refractivity contribution in [1.82, 2.24) is 14.3 Å². The van der Waals surface area contributed by atoms with Crippen LogP contribution in [0.25, 0.3) is 6.08 Å². The number of hydrogen-bond donors (Lipinski definition) is 0. The lowest BCUT2D eigenvalue weighted by Crippen LogP contribution is -2.29. The third-order valence-corrected chi connectivity index (χ3v) is 5.95. The summed E-state index contributed by atoms with van der Waals surface area (Å²) in [4.78, 5) is 7.69. The first-order chi connectivity index (χ1) is 12.9. The smallest absolute Gasteiger partial charge is 0.254 e. The average molecular weight is 391 g/mol. The summed E-state index contributed by atoms with van der Waals surface area (Å²) in [7, 11) is -3.57. The molecule has 0 saturated carbocycles. The fourth-order valence-electron chi connectivity index (χ4n) is 2.83. The van der Waals surface area contributed by atoms with Gasteiger partial charge in [0.25, 0.3) is 5.88 Å². The maximum Gasteiger partial charge on any atom is 0.254 e. The van der Waals surface area contributed by atoms with Crippen molar-refractivity contribution in [3.8, 4) is 5.88 Å².